The molecule has 2 aromatic heterocycles. The van der Waals surface area contributed by atoms with E-state index in [1.165, 1.54) is 0 Å². The lowest BCUT2D eigenvalue weighted by molar-refractivity contribution is 0.420. The molecule has 0 aliphatic heterocycles. The molecule has 0 bridgehead atoms. The van der Waals surface area contributed by atoms with Gasteiger partial charge in [0.2, 0.25) is 0 Å². The summed E-state index contributed by atoms with van der Waals surface area (Å²) in [6, 6.07) is 7.84. The van der Waals surface area contributed by atoms with Crippen LogP contribution in [0.5, 0.6) is 5.75 Å². The minimum Gasteiger partial charge on any atom is -0.496 e. The van der Waals surface area contributed by atoms with Gasteiger partial charge >= 0.3 is 0 Å². The molecule has 0 saturated heterocycles. The lowest BCUT2D eigenvalue weighted by Gasteiger charge is -2.10. The molecule has 0 radical (unpaired) electrons. The van der Waals surface area contributed by atoms with Gasteiger partial charge in [-0.1, -0.05) is 12.1 Å². The smallest absolute Gasteiger partial charge is 0.134 e. The average molecular weight is 283 g/mol. The van der Waals surface area contributed by atoms with Crippen molar-refractivity contribution in [3.8, 4) is 5.75 Å². The van der Waals surface area contributed by atoms with Crippen molar-refractivity contribution >= 4 is 22.4 Å². The highest BCUT2D eigenvalue weighted by molar-refractivity contribution is 5.95. The Balaban J connectivity index is 1.92. The van der Waals surface area contributed by atoms with Crippen LogP contribution >= 0.6 is 0 Å². The first-order valence-corrected chi connectivity index (χ1v) is 6.62. The van der Waals surface area contributed by atoms with Crippen LogP contribution in [0.25, 0.3) is 10.8 Å². The molecule has 0 spiro atoms. The van der Waals surface area contributed by atoms with Gasteiger partial charge in [-0.2, -0.15) is 5.10 Å². The lowest BCUT2D eigenvalue weighted by atomic mass is 10.1. The third-order valence-corrected chi connectivity index (χ3v) is 3.50. The first kappa shape index (κ1) is 13.2. The summed E-state index contributed by atoms with van der Waals surface area (Å²) in [6.45, 7) is 0.572. The third-order valence-electron chi connectivity index (χ3n) is 3.50. The number of aryl methyl sites for hydroxylation is 1. The second-order valence-electron chi connectivity index (χ2n) is 4.75. The molecule has 2 heterocycles. The molecule has 0 aliphatic rings. The van der Waals surface area contributed by atoms with Gasteiger partial charge in [-0.3, -0.25) is 4.68 Å². The topological polar surface area (TPSA) is 78.0 Å². The van der Waals surface area contributed by atoms with Crippen LogP contribution in [0.15, 0.2) is 36.7 Å². The van der Waals surface area contributed by atoms with E-state index < -0.39 is 0 Å². The minimum atomic E-state index is 0.572. The summed E-state index contributed by atoms with van der Waals surface area (Å²) >= 11 is 0. The number of nitrogen functional groups attached to an aromatic ring is 1. The van der Waals surface area contributed by atoms with Crippen molar-refractivity contribution < 1.29 is 4.74 Å². The summed E-state index contributed by atoms with van der Waals surface area (Å²) in [6.07, 6.45) is 3.52. The SMILES string of the molecule is COc1cccc2c(NCc3cnn(C)c3N)nccc12. The van der Waals surface area contributed by atoms with E-state index >= 15 is 0 Å². The Labute approximate surface area is 122 Å². The predicted molar refractivity (Wildman–Crippen MR) is 83.2 cm³/mol. The van der Waals surface area contributed by atoms with E-state index in [1.54, 1.807) is 24.2 Å². The fourth-order valence-corrected chi connectivity index (χ4v) is 2.30. The average Bonchev–Trinajstić information content (AvgIpc) is 2.84. The van der Waals surface area contributed by atoms with Crippen LogP contribution in [0.3, 0.4) is 0 Å². The molecule has 1 aromatic carbocycles. The standard InChI is InChI=1S/C15H17N5O/c1-20-14(16)10(9-19-20)8-18-15-12-4-3-5-13(21-2)11(12)6-7-17-15/h3-7,9H,8,16H2,1-2H3,(H,17,18). The first-order valence-electron chi connectivity index (χ1n) is 6.62. The van der Waals surface area contributed by atoms with Crippen LogP contribution in [0.4, 0.5) is 11.6 Å². The Hall–Kier alpha value is -2.76. The Morgan fingerprint density at radius 1 is 1.29 bits per heavy atom. The summed E-state index contributed by atoms with van der Waals surface area (Å²) in [5.74, 6) is 2.29. The third kappa shape index (κ3) is 2.35. The fraction of sp³-hybridized carbons (Fsp3) is 0.200. The molecule has 0 amide bonds. The Morgan fingerprint density at radius 3 is 2.86 bits per heavy atom. The van der Waals surface area contributed by atoms with Crippen molar-refractivity contribution in [3.05, 3.63) is 42.2 Å². The quantitative estimate of drug-likeness (QED) is 0.767. The van der Waals surface area contributed by atoms with Crippen molar-refractivity contribution in [2.75, 3.05) is 18.2 Å². The van der Waals surface area contributed by atoms with E-state index in [1.807, 2.05) is 31.3 Å². The molecule has 6 heteroatoms. The van der Waals surface area contributed by atoms with E-state index in [0.717, 1.165) is 27.9 Å². The number of fused-ring (bicyclic) bond motifs is 1. The molecule has 108 valence electrons. The number of pyridine rings is 1. The van der Waals surface area contributed by atoms with Crippen LogP contribution in [0.1, 0.15) is 5.56 Å². The van der Waals surface area contributed by atoms with E-state index in [9.17, 15) is 0 Å². The van der Waals surface area contributed by atoms with Crippen molar-refractivity contribution in [3.63, 3.8) is 0 Å². The highest BCUT2D eigenvalue weighted by Gasteiger charge is 2.08. The fourth-order valence-electron chi connectivity index (χ4n) is 2.30. The molecule has 0 aliphatic carbocycles. The monoisotopic (exact) mass is 283 g/mol. The molecule has 21 heavy (non-hydrogen) atoms. The Bertz CT molecular complexity index is 781. The highest BCUT2D eigenvalue weighted by atomic mass is 16.5. The second-order valence-corrected chi connectivity index (χ2v) is 4.75. The minimum absolute atomic E-state index is 0.572. The van der Waals surface area contributed by atoms with Crippen LogP contribution in [-0.4, -0.2) is 21.9 Å². The van der Waals surface area contributed by atoms with Gasteiger partial charge in [-0.25, -0.2) is 4.98 Å². The number of hydrogen-bond acceptors (Lipinski definition) is 5. The largest absolute Gasteiger partial charge is 0.496 e. The van der Waals surface area contributed by atoms with Crippen molar-refractivity contribution in [2.45, 2.75) is 6.54 Å². The maximum atomic E-state index is 5.95. The number of nitrogens with two attached hydrogens (primary N) is 1. The number of hydrogen-bond donors (Lipinski definition) is 2. The van der Waals surface area contributed by atoms with Crippen LogP contribution < -0.4 is 15.8 Å². The highest BCUT2D eigenvalue weighted by Crippen LogP contribution is 2.29. The number of nitrogens with one attached hydrogen (secondary N) is 1. The maximum absolute atomic E-state index is 5.95. The summed E-state index contributed by atoms with van der Waals surface area (Å²) in [5.41, 5.74) is 6.89. The molecule has 3 aromatic rings. The van der Waals surface area contributed by atoms with Crippen LogP contribution in [0, 0.1) is 0 Å². The van der Waals surface area contributed by atoms with Crippen molar-refractivity contribution in [1.82, 2.24) is 14.8 Å². The van der Waals surface area contributed by atoms with Crippen LogP contribution in [-0.2, 0) is 13.6 Å². The van der Waals surface area contributed by atoms with Gasteiger partial charge in [0.25, 0.3) is 0 Å². The summed E-state index contributed by atoms with van der Waals surface area (Å²) in [5, 5.41) is 9.48. The molecular weight excluding hydrogens is 266 g/mol. The van der Waals surface area contributed by atoms with E-state index in [2.05, 4.69) is 15.4 Å². The molecular formula is C15H17N5O. The number of benzene rings is 1. The summed E-state index contributed by atoms with van der Waals surface area (Å²) in [7, 11) is 3.48. The molecule has 0 atom stereocenters. The Kier molecular flexibility index (Phi) is 3.35. The number of rotatable bonds is 4. The first-order chi connectivity index (χ1) is 10.2. The molecule has 0 unspecified atom stereocenters. The molecule has 3 N–H and O–H groups in total. The number of nitrogens with zero attached hydrogens (tertiary/aromatic N) is 3. The van der Waals surface area contributed by atoms with Gasteiger partial charge in [-0.15, -0.1) is 0 Å². The predicted octanol–water partition coefficient (Wildman–Crippen LogP) is 2.17. The zero-order valence-corrected chi connectivity index (χ0v) is 12.0. The van der Waals surface area contributed by atoms with Crippen molar-refractivity contribution in [1.29, 1.82) is 0 Å². The van der Waals surface area contributed by atoms with Gasteiger partial charge in [0.05, 0.1) is 13.3 Å². The van der Waals surface area contributed by atoms with Crippen molar-refractivity contribution in [2.24, 2.45) is 7.05 Å². The molecule has 3 rings (SSSR count). The van der Waals surface area contributed by atoms with E-state index in [0.29, 0.717) is 12.4 Å². The normalized spacial score (nSPS) is 10.8. The zero-order chi connectivity index (χ0) is 14.8. The number of ether oxygens (including phenoxy) is 1. The lowest BCUT2D eigenvalue weighted by Crippen LogP contribution is -2.05. The van der Waals surface area contributed by atoms with Gasteiger partial charge < -0.3 is 15.8 Å². The van der Waals surface area contributed by atoms with Gasteiger partial charge in [0.15, 0.2) is 0 Å². The maximum Gasteiger partial charge on any atom is 0.134 e. The number of methoxy groups -OCH3 is 1. The molecule has 6 nitrogen and oxygen atoms in total. The number of aromatic nitrogens is 3. The van der Waals surface area contributed by atoms with E-state index in [4.69, 9.17) is 10.5 Å². The van der Waals surface area contributed by atoms with Gasteiger partial charge in [0, 0.05) is 36.1 Å². The van der Waals surface area contributed by atoms with Gasteiger partial charge in [0.1, 0.15) is 17.4 Å². The van der Waals surface area contributed by atoms with Gasteiger partial charge in [-0.05, 0) is 12.1 Å². The number of anilines is 2. The second kappa shape index (κ2) is 5.32. The zero-order valence-electron chi connectivity index (χ0n) is 12.0. The molecule has 0 fully saturated rings. The van der Waals surface area contributed by atoms with Crippen LogP contribution in [0.2, 0.25) is 0 Å². The van der Waals surface area contributed by atoms with E-state index in [-0.39, 0.29) is 0 Å². The molecule has 0 saturated carbocycles. The Morgan fingerprint density at radius 2 is 2.14 bits per heavy atom. The summed E-state index contributed by atoms with van der Waals surface area (Å²) in [4.78, 5) is 4.40. The summed E-state index contributed by atoms with van der Waals surface area (Å²) < 4.78 is 7.03.